The van der Waals surface area contributed by atoms with Gasteiger partial charge in [0.05, 0.1) is 12.6 Å². The molecule has 0 aromatic heterocycles. The number of halogens is 4. The largest absolute Gasteiger partial charge is 0.394 e. The molecule has 1 aromatic carbocycles. The SMILES string of the molecule is Cl.OC[C@@H](c1cc(F)c(F)c(F)c1)N1CCNCC1. The number of hydrogen-bond acceptors (Lipinski definition) is 3. The van der Waals surface area contributed by atoms with E-state index < -0.39 is 23.5 Å². The van der Waals surface area contributed by atoms with Crippen molar-refractivity contribution in [3.05, 3.63) is 35.1 Å². The van der Waals surface area contributed by atoms with Gasteiger partial charge >= 0.3 is 0 Å². The van der Waals surface area contributed by atoms with Crippen molar-refractivity contribution in [2.45, 2.75) is 6.04 Å². The third-order valence-electron chi connectivity index (χ3n) is 3.16. The van der Waals surface area contributed by atoms with E-state index in [-0.39, 0.29) is 24.6 Å². The van der Waals surface area contributed by atoms with Gasteiger partial charge in [-0.1, -0.05) is 0 Å². The van der Waals surface area contributed by atoms with Crippen LogP contribution in [0.3, 0.4) is 0 Å². The average molecular weight is 297 g/mol. The van der Waals surface area contributed by atoms with Crippen molar-refractivity contribution in [2.24, 2.45) is 0 Å². The number of aliphatic hydroxyl groups excluding tert-OH is 1. The van der Waals surface area contributed by atoms with Gasteiger partial charge in [0.1, 0.15) is 0 Å². The molecule has 108 valence electrons. The Morgan fingerprint density at radius 2 is 1.68 bits per heavy atom. The molecule has 1 aliphatic heterocycles. The lowest BCUT2D eigenvalue weighted by molar-refractivity contribution is 0.110. The normalized spacial score (nSPS) is 17.9. The molecule has 7 heteroatoms. The highest BCUT2D eigenvalue weighted by molar-refractivity contribution is 5.85. The van der Waals surface area contributed by atoms with Crippen molar-refractivity contribution in [2.75, 3.05) is 32.8 Å². The van der Waals surface area contributed by atoms with Gasteiger partial charge in [-0.3, -0.25) is 4.90 Å². The van der Waals surface area contributed by atoms with E-state index in [1.54, 1.807) is 0 Å². The van der Waals surface area contributed by atoms with E-state index >= 15 is 0 Å². The third kappa shape index (κ3) is 3.60. The highest BCUT2D eigenvalue weighted by Crippen LogP contribution is 2.24. The zero-order valence-corrected chi connectivity index (χ0v) is 11.0. The molecule has 0 radical (unpaired) electrons. The van der Waals surface area contributed by atoms with Crippen LogP contribution in [0.1, 0.15) is 11.6 Å². The van der Waals surface area contributed by atoms with Crippen LogP contribution in [0.25, 0.3) is 0 Å². The van der Waals surface area contributed by atoms with Crippen LogP contribution in [0.15, 0.2) is 12.1 Å². The molecule has 0 aliphatic carbocycles. The van der Waals surface area contributed by atoms with Gasteiger partial charge in [0.2, 0.25) is 0 Å². The Labute approximate surface area is 115 Å². The minimum Gasteiger partial charge on any atom is -0.394 e. The number of nitrogens with zero attached hydrogens (tertiary/aromatic N) is 1. The van der Waals surface area contributed by atoms with Gasteiger partial charge < -0.3 is 10.4 Å². The standard InChI is InChI=1S/C12H15F3N2O.ClH/c13-9-5-8(6-10(14)12(9)15)11(7-18)17-3-1-16-2-4-17;/h5-6,11,16,18H,1-4,7H2;1H/t11-;/m0./s1. The molecule has 0 bridgehead atoms. The molecular weight excluding hydrogens is 281 g/mol. The summed E-state index contributed by atoms with van der Waals surface area (Å²) in [5.74, 6) is -3.92. The number of aliphatic hydroxyl groups is 1. The van der Waals surface area contributed by atoms with Gasteiger partial charge in [-0.15, -0.1) is 12.4 Å². The van der Waals surface area contributed by atoms with Crippen molar-refractivity contribution in [3.8, 4) is 0 Å². The van der Waals surface area contributed by atoms with Crippen LogP contribution in [-0.4, -0.2) is 42.8 Å². The van der Waals surface area contributed by atoms with E-state index in [2.05, 4.69) is 5.32 Å². The fourth-order valence-corrected chi connectivity index (χ4v) is 2.19. The highest BCUT2D eigenvalue weighted by atomic mass is 35.5. The first-order valence-electron chi connectivity index (χ1n) is 5.83. The summed E-state index contributed by atoms with van der Waals surface area (Å²) in [7, 11) is 0. The number of benzene rings is 1. The maximum atomic E-state index is 13.2. The number of nitrogens with one attached hydrogen (secondary N) is 1. The van der Waals surface area contributed by atoms with Gasteiger partial charge in [-0.05, 0) is 17.7 Å². The van der Waals surface area contributed by atoms with E-state index in [1.807, 2.05) is 4.90 Å². The predicted molar refractivity (Wildman–Crippen MR) is 67.8 cm³/mol. The van der Waals surface area contributed by atoms with Crippen LogP contribution < -0.4 is 5.32 Å². The second-order valence-electron chi connectivity index (χ2n) is 4.28. The fraction of sp³-hybridized carbons (Fsp3) is 0.500. The van der Waals surface area contributed by atoms with Crippen LogP contribution >= 0.6 is 12.4 Å². The predicted octanol–water partition coefficient (Wildman–Crippen LogP) is 1.46. The summed E-state index contributed by atoms with van der Waals surface area (Å²) >= 11 is 0. The van der Waals surface area contributed by atoms with Crippen molar-refractivity contribution in [3.63, 3.8) is 0 Å². The second kappa shape index (κ2) is 7.09. The minimum atomic E-state index is -1.48. The Morgan fingerprint density at radius 1 is 1.16 bits per heavy atom. The molecule has 1 fully saturated rings. The Bertz CT molecular complexity index is 404. The molecule has 0 spiro atoms. The smallest absolute Gasteiger partial charge is 0.194 e. The first-order valence-corrected chi connectivity index (χ1v) is 5.83. The van der Waals surface area contributed by atoms with Crippen LogP contribution in [0.5, 0.6) is 0 Å². The van der Waals surface area contributed by atoms with E-state index in [1.165, 1.54) is 0 Å². The Kier molecular flexibility index (Phi) is 6.06. The summed E-state index contributed by atoms with van der Waals surface area (Å²) in [6, 6.07) is 1.39. The molecule has 0 unspecified atom stereocenters. The molecule has 3 nitrogen and oxygen atoms in total. The molecule has 1 aromatic rings. The van der Waals surface area contributed by atoms with Gasteiger partial charge in [0.15, 0.2) is 17.5 Å². The summed E-state index contributed by atoms with van der Waals surface area (Å²) in [4.78, 5) is 1.92. The summed E-state index contributed by atoms with van der Waals surface area (Å²) in [6.07, 6.45) is 0. The summed E-state index contributed by atoms with van der Waals surface area (Å²) < 4.78 is 39.2. The van der Waals surface area contributed by atoms with Crippen LogP contribution in [0.4, 0.5) is 13.2 Å². The van der Waals surface area contributed by atoms with Gasteiger partial charge in [0, 0.05) is 26.2 Å². The van der Waals surface area contributed by atoms with E-state index in [0.29, 0.717) is 13.1 Å². The summed E-state index contributed by atoms with van der Waals surface area (Å²) in [5.41, 5.74) is 0.260. The average Bonchev–Trinajstić information content (AvgIpc) is 2.38. The van der Waals surface area contributed by atoms with Gasteiger partial charge in [-0.25, -0.2) is 13.2 Å². The first-order chi connectivity index (χ1) is 8.63. The Balaban J connectivity index is 0.00000180. The van der Waals surface area contributed by atoms with Crippen molar-refractivity contribution in [1.82, 2.24) is 10.2 Å². The molecule has 1 atom stereocenters. The molecule has 0 amide bonds. The van der Waals surface area contributed by atoms with Crippen molar-refractivity contribution >= 4 is 12.4 Å². The number of hydrogen-bond donors (Lipinski definition) is 2. The molecule has 19 heavy (non-hydrogen) atoms. The molecule has 1 heterocycles. The summed E-state index contributed by atoms with van der Waals surface area (Å²) in [5, 5.41) is 12.5. The topological polar surface area (TPSA) is 35.5 Å². The van der Waals surface area contributed by atoms with Gasteiger partial charge in [-0.2, -0.15) is 0 Å². The maximum Gasteiger partial charge on any atom is 0.194 e. The van der Waals surface area contributed by atoms with Crippen LogP contribution in [0.2, 0.25) is 0 Å². The molecule has 0 saturated carbocycles. The zero-order valence-electron chi connectivity index (χ0n) is 10.2. The Hall–Kier alpha value is -0.820. The lowest BCUT2D eigenvalue weighted by Crippen LogP contribution is -2.46. The van der Waals surface area contributed by atoms with Crippen LogP contribution in [-0.2, 0) is 0 Å². The number of rotatable bonds is 3. The summed E-state index contributed by atoms with van der Waals surface area (Å²) in [6.45, 7) is 2.59. The third-order valence-corrected chi connectivity index (χ3v) is 3.16. The maximum absolute atomic E-state index is 13.2. The lowest BCUT2D eigenvalue weighted by Gasteiger charge is -2.34. The lowest BCUT2D eigenvalue weighted by atomic mass is 10.0. The minimum absolute atomic E-state index is 0. The van der Waals surface area contributed by atoms with Crippen molar-refractivity contribution in [1.29, 1.82) is 0 Å². The highest BCUT2D eigenvalue weighted by Gasteiger charge is 2.23. The Morgan fingerprint density at radius 3 is 2.16 bits per heavy atom. The molecule has 1 aliphatic rings. The van der Waals surface area contributed by atoms with Crippen LogP contribution in [0, 0.1) is 17.5 Å². The quantitative estimate of drug-likeness (QED) is 0.829. The second-order valence-corrected chi connectivity index (χ2v) is 4.28. The first kappa shape index (κ1) is 16.2. The van der Waals surface area contributed by atoms with E-state index in [4.69, 9.17) is 0 Å². The molecule has 2 N–H and O–H groups in total. The zero-order chi connectivity index (χ0) is 13.1. The molecular formula is C12H16ClF3N2O. The molecule has 2 rings (SSSR count). The monoisotopic (exact) mass is 296 g/mol. The van der Waals surface area contributed by atoms with Gasteiger partial charge in [0.25, 0.3) is 0 Å². The van der Waals surface area contributed by atoms with Crippen molar-refractivity contribution < 1.29 is 18.3 Å². The molecule has 1 saturated heterocycles. The fourth-order valence-electron chi connectivity index (χ4n) is 2.19. The van der Waals surface area contributed by atoms with E-state index in [0.717, 1.165) is 25.2 Å². The number of piperazine rings is 1. The van der Waals surface area contributed by atoms with E-state index in [9.17, 15) is 18.3 Å².